The predicted octanol–water partition coefficient (Wildman–Crippen LogP) is 2.32. The molecule has 2 amide bonds. The van der Waals surface area contributed by atoms with Gasteiger partial charge in [0.15, 0.2) is 0 Å². The van der Waals surface area contributed by atoms with Crippen LogP contribution in [0, 0.1) is 5.92 Å². The molecule has 2 heterocycles. The van der Waals surface area contributed by atoms with Crippen molar-refractivity contribution in [3.05, 3.63) is 21.9 Å². The summed E-state index contributed by atoms with van der Waals surface area (Å²) in [5.74, 6) is -0.749. The van der Waals surface area contributed by atoms with E-state index >= 15 is 0 Å². The average molecular weight is 296 g/mol. The Morgan fingerprint density at radius 1 is 1.50 bits per heavy atom. The first-order chi connectivity index (χ1) is 9.47. The maximum atomic E-state index is 12.2. The summed E-state index contributed by atoms with van der Waals surface area (Å²) < 4.78 is 0. The lowest BCUT2D eigenvalue weighted by Crippen LogP contribution is -2.49. The highest BCUT2D eigenvalue weighted by Crippen LogP contribution is 2.24. The Kier molecular flexibility index (Phi) is 4.65. The number of fused-ring (bicyclic) bond motifs is 1. The van der Waals surface area contributed by atoms with Crippen molar-refractivity contribution in [1.29, 1.82) is 0 Å². The first-order valence-electron chi connectivity index (χ1n) is 6.81. The number of rotatable bonds is 4. The minimum Gasteiger partial charge on any atom is -0.480 e. The molecule has 0 unspecified atom stereocenters. The van der Waals surface area contributed by atoms with Crippen LogP contribution in [-0.2, 0) is 17.8 Å². The van der Waals surface area contributed by atoms with Crippen molar-refractivity contribution in [3.63, 3.8) is 0 Å². The number of nitrogens with one attached hydrogen (secondary N) is 1. The Balaban J connectivity index is 1.96. The number of carboxylic acid groups (broad SMARTS) is 1. The summed E-state index contributed by atoms with van der Waals surface area (Å²) in [6, 6.07) is 0.934. The Hall–Kier alpha value is -1.56. The summed E-state index contributed by atoms with van der Waals surface area (Å²) in [5, 5.41) is 13.8. The molecule has 110 valence electrons. The Morgan fingerprint density at radius 3 is 2.90 bits per heavy atom. The van der Waals surface area contributed by atoms with Crippen LogP contribution >= 0.6 is 11.3 Å². The second-order valence-electron chi connectivity index (χ2n) is 5.51. The minimum atomic E-state index is -0.972. The summed E-state index contributed by atoms with van der Waals surface area (Å²) in [6.07, 6.45) is 1.29. The number of amides is 2. The Bertz CT molecular complexity index is 498. The molecule has 0 radical (unpaired) electrons. The van der Waals surface area contributed by atoms with Gasteiger partial charge in [0.1, 0.15) is 6.04 Å². The highest BCUT2D eigenvalue weighted by Gasteiger charge is 2.26. The van der Waals surface area contributed by atoms with Gasteiger partial charge < -0.3 is 15.3 Å². The molecule has 5 nitrogen and oxygen atoms in total. The van der Waals surface area contributed by atoms with Crippen LogP contribution in [0.4, 0.5) is 4.79 Å². The zero-order valence-corrected chi connectivity index (χ0v) is 12.6. The first kappa shape index (κ1) is 14.8. The third kappa shape index (κ3) is 3.50. The zero-order chi connectivity index (χ0) is 14.7. The molecule has 1 aliphatic heterocycles. The fraction of sp³-hybridized carbons (Fsp3) is 0.571. The van der Waals surface area contributed by atoms with Gasteiger partial charge >= 0.3 is 12.0 Å². The molecular formula is C14H20N2O3S. The maximum Gasteiger partial charge on any atom is 0.326 e. The van der Waals surface area contributed by atoms with E-state index in [2.05, 4.69) is 5.32 Å². The van der Waals surface area contributed by atoms with Crippen molar-refractivity contribution >= 4 is 23.3 Å². The van der Waals surface area contributed by atoms with Crippen LogP contribution in [0.1, 0.15) is 30.7 Å². The molecule has 0 saturated heterocycles. The van der Waals surface area contributed by atoms with Gasteiger partial charge in [-0.25, -0.2) is 9.59 Å². The largest absolute Gasteiger partial charge is 0.480 e. The number of carbonyl (C=O) groups is 2. The SMILES string of the molecule is CC(C)C[C@@H](NC(=O)N1CCc2sccc2C1)C(=O)O. The minimum absolute atomic E-state index is 0.223. The van der Waals surface area contributed by atoms with Gasteiger partial charge in [0.25, 0.3) is 0 Å². The van der Waals surface area contributed by atoms with Crippen molar-refractivity contribution in [2.45, 2.75) is 39.3 Å². The number of hydrogen-bond acceptors (Lipinski definition) is 3. The molecule has 1 aromatic rings. The number of hydrogen-bond donors (Lipinski definition) is 2. The lowest BCUT2D eigenvalue weighted by atomic mass is 10.0. The second kappa shape index (κ2) is 6.26. The molecular weight excluding hydrogens is 276 g/mol. The fourth-order valence-corrected chi connectivity index (χ4v) is 3.24. The smallest absolute Gasteiger partial charge is 0.326 e. The van der Waals surface area contributed by atoms with Crippen LogP contribution in [0.3, 0.4) is 0 Å². The molecule has 2 rings (SSSR count). The lowest BCUT2D eigenvalue weighted by Gasteiger charge is -2.28. The summed E-state index contributed by atoms with van der Waals surface area (Å²) >= 11 is 1.71. The Morgan fingerprint density at radius 2 is 2.25 bits per heavy atom. The van der Waals surface area contributed by atoms with Gasteiger partial charge in [-0.3, -0.25) is 0 Å². The third-order valence-electron chi connectivity index (χ3n) is 3.40. The van der Waals surface area contributed by atoms with Gasteiger partial charge in [-0.1, -0.05) is 13.8 Å². The molecule has 2 N–H and O–H groups in total. The maximum absolute atomic E-state index is 12.2. The quantitative estimate of drug-likeness (QED) is 0.896. The van der Waals surface area contributed by atoms with E-state index in [0.29, 0.717) is 19.5 Å². The molecule has 1 aromatic heterocycles. The van der Waals surface area contributed by atoms with Crippen LogP contribution in [-0.4, -0.2) is 34.6 Å². The van der Waals surface area contributed by atoms with Crippen molar-refractivity contribution in [3.8, 4) is 0 Å². The van der Waals surface area contributed by atoms with Crippen LogP contribution in [0.25, 0.3) is 0 Å². The number of urea groups is 1. The second-order valence-corrected chi connectivity index (χ2v) is 6.51. The predicted molar refractivity (Wildman–Crippen MR) is 77.8 cm³/mol. The molecule has 1 atom stereocenters. The molecule has 0 aromatic carbocycles. The van der Waals surface area contributed by atoms with Gasteiger partial charge in [-0.05, 0) is 35.8 Å². The summed E-state index contributed by atoms with van der Waals surface area (Å²) in [4.78, 5) is 26.4. The third-order valence-corrected chi connectivity index (χ3v) is 4.42. The van der Waals surface area contributed by atoms with E-state index in [1.807, 2.05) is 25.3 Å². The van der Waals surface area contributed by atoms with Crippen LogP contribution in [0.2, 0.25) is 0 Å². The van der Waals surface area contributed by atoms with E-state index in [0.717, 1.165) is 6.42 Å². The van der Waals surface area contributed by atoms with E-state index in [1.54, 1.807) is 16.2 Å². The van der Waals surface area contributed by atoms with Crippen LogP contribution in [0.5, 0.6) is 0 Å². The van der Waals surface area contributed by atoms with Gasteiger partial charge in [0.2, 0.25) is 0 Å². The normalized spacial score (nSPS) is 15.8. The van der Waals surface area contributed by atoms with Crippen molar-refractivity contribution < 1.29 is 14.7 Å². The van der Waals surface area contributed by atoms with Gasteiger partial charge in [0, 0.05) is 18.0 Å². The van der Waals surface area contributed by atoms with Gasteiger partial charge in [0.05, 0.1) is 0 Å². The van der Waals surface area contributed by atoms with E-state index in [4.69, 9.17) is 5.11 Å². The van der Waals surface area contributed by atoms with E-state index < -0.39 is 12.0 Å². The molecule has 0 saturated carbocycles. The van der Waals surface area contributed by atoms with Crippen LogP contribution in [0.15, 0.2) is 11.4 Å². The number of nitrogens with zero attached hydrogens (tertiary/aromatic N) is 1. The highest BCUT2D eigenvalue weighted by molar-refractivity contribution is 7.10. The number of carboxylic acids is 1. The first-order valence-corrected chi connectivity index (χ1v) is 7.69. The summed E-state index contributed by atoms with van der Waals surface area (Å²) in [6.45, 7) is 5.10. The lowest BCUT2D eigenvalue weighted by molar-refractivity contribution is -0.139. The van der Waals surface area contributed by atoms with E-state index in [1.165, 1.54) is 10.4 Å². The molecule has 20 heavy (non-hydrogen) atoms. The monoisotopic (exact) mass is 296 g/mol. The summed E-state index contributed by atoms with van der Waals surface area (Å²) in [5.41, 5.74) is 1.17. The topological polar surface area (TPSA) is 69.6 Å². The summed E-state index contributed by atoms with van der Waals surface area (Å²) in [7, 11) is 0. The van der Waals surface area contributed by atoms with Gasteiger partial charge in [-0.2, -0.15) is 0 Å². The zero-order valence-electron chi connectivity index (χ0n) is 11.8. The van der Waals surface area contributed by atoms with Gasteiger partial charge in [-0.15, -0.1) is 11.3 Å². The van der Waals surface area contributed by atoms with Crippen LogP contribution < -0.4 is 5.32 Å². The molecule has 6 heteroatoms. The average Bonchev–Trinajstić information content (AvgIpc) is 2.84. The molecule has 1 aliphatic rings. The molecule has 0 fully saturated rings. The number of thiophene rings is 1. The standard InChI is InChI=1S/C14H20N2O3S/c1-9(2)7-11(13(17)18)15-14(19)16-5-3-12-10(8-16)4-6-20-12/h4,6,9,11H,3,5,7-8H2,1-2H3,(H,15,19)(H,17,18)/t11-/m1/s1. The van der Waals surface area contributed by atoms with E-state index in [-0.39, 0.29) is 11.9 Å². The molecule has 0 spiro atoms. The number of aliphatic carboxylic acids is 1. The molecule has 0 bridgehead atoms. The van der Waals surface area contributed by atoms with Crippen molar-refractivity contribution in [1.82, 2.24) is 10.2 Å². The van der Waals surface area contributed by atoms with Crippen molar-refractivity contribution in [2.24, 2.45) is 5.92 Å². The molecule has 0 aliphatic carbocycles. The highest BCUT2D eigenvalue weighted by atomic mass is 32.1. The number of carbonyl (C=O) groups excluding carboxylic acids is 1. The van der Waals surface area contributed by atoms with Crippen molar-refractivity contribution in [2.75, 3.05) is 6.54 Å². The van der Waals surface area contributed by atoms with E-state index in [9.17, 15) is 9.59 Å². The fourth-order valence-electron chi connectivity index (χ4n) is 2.36. The Labute approximate surface area is 122 Å².